The molecule has 1 aromatic carbocycles. The summed E-state index contributed by atoms with van der Waals surface area (Å²) in [6, 6.07) is 6.46. The Hall–Kier alpha value is -2.59. The zero-order valence-corrected chi connectivity index (χ0v) is 19.6. The zero-order valence-electron chi connectivity index (χ0n) is 18.8. The molecule has 3 atom stereocenters. The fourth-order valence-corrected chi connectivity index (χ4v) is 3.46. The van der Waals surface area contributed by atoms with E-state index in [0.29, 0.717) is 12.8 Å². The third kappa shape index (κ3) is 10.6. The van der Waals surface area contributed by atoms with Crippen molar-refractivity contribution >= 4 is 35.5 Å². The second-order valence-corrected chi connectivity index (χ2v) is 8.93. The van der Waals surface area contributed by atoms with Crippen LogP contribution < -0.4 is 21.7 Å². The monoisotopic (exact) mass is 466 g/mol. The van der Waals surface area contributed by atoms with Crippen LogP contribution >= 0.6 is 11.8 Å². The van der Waals surface area contributed by atoms with Gasteiger partial charge in [0.15, 0.2) is 0 Å². The van der Waals surface area contributed by atoms with Gasteiger partial charge in [-0.2, -0.15) is 11.8 Å². The lowest BCUT2D eigenvalue weighted by Gasteiger charge is -2.25. The summed E-state index contributed by atoms with van der Waals surface area (Å²) in [4.78, 5) is 48.9. The highest BCUT2D eigenvalue weighted by atomic mass is 32.2. The van der Waals surface area contributed by atoms with Crippen LogP contribution in [0.15, 0.2) is 30.3 Å². The standard InChI is InChI=1S/C22H34N4O5S/c1-14(2)11-17(25-20(29)16(23)9-10-32-3)22(31)26-18(21(30)24-13-19(27)28)12-15-7-5-4-6-8-15/h4-8,14,16-18H,9-13,23H2,1-3H3,(H,24,30)(H,25,29)(H,26,31)(H,27,28). The number of nitrogens with two attached hydrogens (primary N) is 1. The molecule has 1 aromatic rings. The maximum absolute atomic E-state index is 13.0. The van der Waals surface area contributed by atoms with Gasteiger partial charge in [0.05, 0.1) is 6.04 Å². The smallest absolute Gasteiger partial charge is 0.322 e. The second-order valence-electron chi connectivity index (χ2n) is 7.94. The molecule has 0 aliphatic heterocycles. The van der Waals surface area contributed by atoms with Gasteiger partial charge in [-0.25, -0.2) is 0 Å². The SMILES string of the molecule is CSCCC(N)C(=O)NC(CC(C)C)C(=O)NC(Cc1ccccc1)C(=O)NCC(=O)O. The predicted molar refractivity (Wildman–Crippen MR) is 125 cm³/mol. The average Bonchev–Trinajstić information content (AvgIpc) is 2.74. The number of rotatable bonds is 14. The van der Waals surface area contributed by atoms with Gasteiger partial charge in [0.1, 0.15) is 18.6 Å². The average molecular weight is 467 g/mol. The first-order valence-electron chi connectivity index (χ1n) is 10.5. The van der Waals surface area contributed by atoms with E-state index < -0.39 is 48.4 Å². The third-order valence-corrected chi connectivity index (χ3v) is 5.28. The van der Waals surface area contributed by atoms with E-state index in [-0.39, 0.29) is 12.3 Å². The quantitative estimate of drug-likeness (QED) is 0.268. The van der Waals surface area contributed by atoms with E-state index in [9.17, 15) is 19.2 Å². The van der Waals surface area contributed by atoms with Crippen molar-refractivity contribution in [2.24, 2.45) is 11.7 Å². The van der Waals surface area contributed by atoms with Crippen molar-refractivity contribution in [3.63, 3.8) is 0 Å². The van der Waals surface area contributed by atoms with E-state index in [2.05, 4.69) is 16.0 Å². The Bertz CT molecular complexity index is 760. The normalized spacial score (nSPS) is 13.7. The Kier molecular flexibility index (Phi) is 12.4. The summed E-state index contributed by atoms with van der Waals surface area (Å²) < 4.78 is 0. The zero-order chi connectivity index (χ0) is 24.1. The fourth-order valence-electron chi connectivity index (χ4n) is 2.97. The molecule has 10 heteroatoms. The number of carboxylic acids is 1. The molecule has 0 heterocycles. The van der Waals surface area contributed by atoms with E-state index in [1.807, 2.05) is 38.3 Å². The number of nitrogens with one attached hydrogen (secondary N) is 3. The number of hydrogen-bond donors (Lipinski definition) is 5. The molecule has 3 amide bonds. The second kappa shape index (κ2) is 14.5. The molecule has 0 aliphatic carbocycles. The van der Waals surface area contributed by atoms with Crippen molar-refractivity contribution in [3.05, 3.63) is 35.9 Å². The van der Waals surface area contributed by atoms with Crippen LogP contribution in [0.25, 0.3) is 0 Å². The van der Waals surface area contributed by atoms with Crippen molar-refractivity contribution in [3.8, 4) is 0 Å². The molecule has 0 bridgehead atoms. The highest BCUT2D eigenvalue weighted by Crippen LogP contribution is 2.09. The van der Waals surface area contributed by atoms with Gasteiger partial charge in [0, 0.05) is 6.42 Å². The summed E-state index contributed by atoms with van der Waals surface area (Å²) in [7, 11) is 0. The molecule has 0 saturated carbocycles. The largest absolute Gasteiger partial charge is 0.480 e. The Morgan fingerprint density at radius 1 is 1.00 bits per heavy atom. The maximum Gasteiger partial charge on any atom is 0.322 e. The Balaban J connectivity index is 2.95. The van der Waals surface area contributed by atoms with Crippen molar-refractivity contribution in [2.45, 2.75) is 51.2 Å². The van der Waals surface area contributed by atoms with Crippen LogP contribution in [0.4, 0.5) is 0 Å². The highest BCUT2D eigenvalue weighted by Gasteiger charge is 2.29. The minimum Gasteiger partial charge on any atom is -0.480 e. The summed E-state index contributed by atoms with van der Waals surface area (Å²) in [5.41, 5.74) is 6.72. The highest BCUT2D eigenvalue weighted by molar-refractivity contribution is 7.98. The minimum atomic E-state index is -1.19. The first-order chi connectivity index (χ1) is 15.1. The third-order valence-electron chi connectivity index (χ3n) is 4.64. The van der Waals surface area contributed by atoms with Gasteiger partial charge in [-0.1, -0.05) is 44.2 Å². The van der Waals surface area contributed by atoms with Crippen LogP contribution in [-0.4, -0.2) is 65.5 Å². The van der Waals surface area contributed by atoms with Crippen LogP contribution in [-0.2, 0) is 25.6 Å². The van der Waals surface area contributed by atoms with E-state index >= 15 is 0 Å². The first-order valence-corrected chi connectivity index (χ1v) is 11.9. The molecule has 0 saturated heterocycles. The molecule has 32 heavy (non-hydrogen) atoms. The Labute approximate surface area is 193 Å². The number of aliphatic carboxylic acids is 1. The summed E-state index contributed by atoms with van der Waals surface area (Å²) in [5.74, 6) is -1.92. The molecule has 9 nitrogen and oxygen atoms in total. The molecule has 6 N–H and O–H groups in total. The number of carboxylic acid groups (broad SMARTS) is 1. The molecule has 178 valence electrons. The van der Waals surface area contributed by atoms with E-state index in [0.717, 1.165) is 11.3 Å². The maximum atomic E-state index is 13.0. The van der Waals surface area contributed by atoms with Crippen LogP contribution in [0.3, 0.4) is 0 Å². The van der Waals surface area contributed by atoms with Gasteiger partial charge in [-0.3, -0.25) is 19.2 Å². The summed E-state index contributed by atoms with van der Waals surface area (Å²) in [6.07, 6.45) is 2.94. The lowest BCUT2D eigenvalue weighted by atomic mass is 10.0. The Morgan fingerprint density at radius 2 is 1.62 bits per heavy atom. The van der Waals surface area contributed by atoms with Crippen molar-refractivity contribution in [2.75, 3.05) is 18.6 Å². The number of carbonyl (C=O) groups is 4. The van der Waals surface area contributed by atoms with Crippen LogP contribution in [0, 0.1) is 5.92 Å². The van der Waals surface area contributed by atoms with E-state index in [4.69, 9.17) is 10.8 Å². The topological polar surface area (TPSA) is 151 Å². The summed E-state index contributed by atoms with van der Waals surface area (Å²) >= 11 is 1.58. The lowest BCUT2D eigenvalue weighted by molar-refractivity contribution is -0.138. The van der Waals surface area contributed by atoms with Crippen molar-refractivity contribution in [1.29, 1.82) is 0 Å². The van der Waals surface area contributed by atoms with Crippen molar-refractivity contribution in [1.82, 2.24) is 16.0 Å². The minimum absolute atomic E-state index is 0.0990. The number of thioether (sulfide) groups is 1. The van der Waals surface area contributed by atoms with E-state index in [1.165, 1.54) is 0 Å². The molecule has 1 rings (SSSR count). The van der Waals surface area contributed by atoms with E-state index in [1.54, 1.807) is 23.9 Å². The molecular formula is C22H34N4O5S. The molecule has 0 fully saturated rings. The summed E-state index contributed by atoms with van der Waals surface area (Å²) in [5, 5.41) is 16.5. The number of amides is 3. The first kappa shape index (κ1) is 27.4. The molecule has 0 spiro atoms. The van der Waals surface area contributed by atoms with Crippen LogP contribution in [0.2, 0.25) is 0 Å². The molecule has 3 unspecified atom stereocenters. The fraction of sp³-hybridized carbons (Fsp3) is 0.545. The summed E-state index contributed by atoms with van der Waals surface area (Å²) in [6.45, 7) is 3.28. The molecule has 0 aromatic heterocycles. The van der Waals surface area contributed by atoms with Crippen LogP contribution in [0.5, 0.6) is 0 Å². The van der Waals surface area contributed by atoms with Gasteiger partial charge in [-0.15, -0.1) is 0 Å². The predicted octanol–water partition coefficient (Wildman–Crippen LogP) is 0.526. The van der Waals surface area contributed by atoms with Gasteiger partial charge >= 0.3 is 5.97 Å². The number of benzene rings is 1. The molecule has 0 radical (unpaired) electrons. The van der Waals surface area contributed by atoms with Crippen molar-refractivity contribution < 1.29 is 24.3 Å². The number of carbonyl (C=O) groups excluding carboxylic acids is 3. The van der Waals surface area contributed by atoms with Crippen LogP contribution in [0.1, 0.15) is 32.3 Å². The van der Waals surface area contributed by atoms with Gasteiger partial charge < -0.3 is 26.8 Å². The lowest BCUT2D eigenvalue weighted by Crippen LogP contribution is -2.56. The van der Waals surface area contributed by atoms with Gasteiger partial charge in [0.2, 0.25) is 17.7 Å². The molecular weight excluding hydrogens is 432 g/mol. The van der Waals surface area contributed by atoms with Gasteiger partial charge in [0.25, 0.3) is 0 Å². The number of hydrogen-bond acceptors (Lipinski definition) is 6. The molecule has 0 aliphatic rings. The Morgan fingerprint density at radius 3 is 2.19 bits per heavy atom. The van der Waals surface area contributed by atoms with Gasteiger partial charge in [-0.05, 0) is 36.3 Å².